The maximum absolute atomic E-state index is 12.3. The van der Waals surface area contributed by atoms with Gasteiger partial charge in [-0.2, -0.15) is 0 Å². The SMILES string of the molecule is CCN(CCO)C(=O)C(C)Cc1ccc(OC)c(OC)c1. The maximum Gasteiger partial charge on any atom is 0.225 e. The van der Waals surface area contributed by atoms with E-state index in [0.717, 1.165) is 5.56 Å². The summed E-state index contributed by atoms with van der Waals surface area (Å²) in [6.45, 7) is 4.79. The number of benzene rings is 1. The third-order valence-electron chi connectivity index (χ3n) is 3.47. The van der Waals surface area contributed by atoms with Crippen molar-refractivity contribution < 1.29 is 19.4 Å². The van der Waals surface area contributed by atoms with Crippen LogP contribution in [0.5, 0.6) is 11.5 Å². The summed E-state index contributed by atoms with van der Waals surface area (Å²) >= 11 is 0. The minimum Gasteiger partial charge on any atom is -0.493 e. The van der Waals surface area contributed by atoms with Crippen LogP contribution in [0.25, 0.3) is 0 Å². The van der Waals surface area contributed by atoms with Gasteiger partial charge in [0.05, 0.1) is 20.8 Å². The van der Waals surface area contributed by atoms with Crippen LogP contribution < -0.4 is 9.47 Å². The molecule has 0 saturated heterocycles. The molecule has 1 amide bonds. The fourth-order valence-electron chi connectivity index (χ4n) is 2.30. The van der Waals surface area contributed by atoms with Crippen molar-refractivity contribution in [3.05, 3.63) is 23.8 Å². The van der Waals surface area contributed by atoms with Gasteiger partial charge >= 0.3 is 0 Å². The molecule has 5 heteroatoms. The molecule has 0 aliphatic rings. The van der Waals surface area contributed by atoms with Gasteiger partial charge in [0.15, 0.2) is 11.5 Å². The van der Waals surface area contributed by atoms with Crippen LogP contribution >= 0.6 is 0 Å². The van der Waals surface area contributed by atoms with Gasteiger partial charge in [-0.1, -0.05) is 13.0 Å². The molecule has 1 aromatic rings. The topological polar surface area (TPSA) is 59.0 Å². The second-order valence-electron chi connectivity index (χ2n) is 4.94. The van der Waals surface area contributed by atoms with Crippen molar-refractivity contribution in [3.63, 3.8) is 0 Å². The predicted octanol–water partition coefficient (Wildman–Crippen LogP) is 1.72. The number of methoxy groups -OCH3 is 2. The number of likely N-dealkylation sites (N-methyl/N-ethyl adjacent to an activating group) is 1. The number of hydrogen-bond acceptors (Lipinski definition) is 4. The van der Waals surface area contributed by atoms with Gasteiger partial charge in [-0.25, -0.2) is 0 Å². The average Bonchev–Trinajstić information content (AvgIpc) is 2.51. The number of carbonyl (C=O) groups excluding carboxylic acids is 1. The molecule has 0 spiro atoms. The highest BCUT2D eigenvalue weighted by atomic mass is 16.5. The van der Waals surface area contributed by atoms with Crippen molar-refractivity contribution in [1.29, 1.82) is 0 Å². The number of amides is 1. The van der Waals surface area contributed by atoms with E-state index in [9.17, 15) is 4.79 Å². The molecular formula is C16H25NO4. The summed E-state index contributed by atoms with van der Waals surface area (Å²) in [5, 5.41) is 8.99. The van der Waals surface area contributed by atoms with Crippen LogP contribution in [-0.4, -0.2) is 49.8 Å². The molecule has 0 aliphatic carbocycles. The van der Waals surface area contributed by atoms with Crippen LogP contribution in [0.2, 0.25) is 0 Å². The Morgan fingerprint density at radius 3 is 2.48 bits per heavy atom. The number of aliphatic hydroxyl groups excluding tert-OH is 1. The molecule has 21 heavy (non-hydrogen) atoms. The van der Waals surface area contributed by atoms with Crippen molar-refractivity contribution in [2.75, 3.05) is 33.9 Å². The lowest BCUT2D eigenvalue weighted by atomic mass is 9.99. The highest BCUT2D eigenvalue weighted by Crippen LogP contribution is 2.28. The first-order valence-corrected chi connectivity index (χ1v) is 7.17. The maximum atomic E-state index is 12.3. The monoisotopic (exact) mass is 295 g/mol. The Hall–Kier alpha value is -1.75. The zero-order valence-electron chi connectivity index (χ0n) is 13.3. The van der Waals surface area contributed by atoms with Gasteiger partial charge in [0, 0.05) is 19.0 Å². The molecule has 1 aromatic carbocycles. The molecule has 0 saturated carbocycles. The number of nitrogens with zero attached hydrogens (tertiary/aromatic N) is 1. The van der Waals surface area contributed by atoms with Gasteiger partial charge in [-0.05, 0) is 31.0 Å². The summed E-state index contributed by atoms with van der Waals surface area (Å²) in [5.41, 5.74) is 1.02. The highest BCUT2D eigenvalue weighted by Gasteiger charge is 2.19. The molecule has 0 bridgehead atoms. The number of ether oxygens (including phenoxy) is 2. The summed E-state index contributed by atoms with van der Waals surface area (Å²) in [7, 11) is 3.19. The molecular weight excluding hydrogens is 270 g/mol. The standard InChI is InChI=1S/C16H25NO4/c1-5-17(8-9-18)16(19)12(2)10-13-6-7-14(20-3)15(11-13)21-4/h6-7,11-12,18H,5,8-10H2,1-4H3. The lowest BCUT2D eigenvalue weighted by molar-refractivity contribution is -0.135. The number of hydrogen-bond donors (Lipinski definition) is 1. The van der Waals surface area contributed by atoms with E-state index in [2.05, 4.69) is 0 Å². The molecule has 0 aliphatic heterocycles. The molecule has 1 N–H and O–H groups in total. The Balaban J connectivity index is 2.78. The van der Waals surface area contributed by atoms with Crippen LogP contribution in [0.1, 0.15) is 19.4 Å². The van der Waals surface area contributed by atoms with Gasteiger partial charge in [0.1, 0.15) is 0 Å². The summed E-state index contributed by atoms with van der Waals surface area (Å²) in [6, 6.07) is 5.68. The highest BCUT2D eigenvalue weighted by molar-refractivity contribution is 5.78. The van der Waals surface area contributed by atoms with Gasteiger partial charge < -0.3 is 19.5 Å². The van der Waals surface area contributed by atoms with Crippen molar-refractivity contribution in [1.82, 2.24) is 4.90 Å². The first-order valence-electron chi connectivity index (χ1n) is 7.17. The minimum atomic E-state index is -0.144. The van der Waals surface area contributed by atoms with Crippen molar-refractivity contribution in [2.24, 2.45) is 5.92 Å². The van der Waals surface area contributed by atoms with E-state index >= 15 is 0 Å². The van der Waals surface area contributed by atoms with Crippen LogP contribution in [0.15, 0.2) is 18.2 Å². The zero-order valence-corrected chi connectivity index (χ0v) is 13.3. The summed E-state index contributed by atoms with van der Waals surface area (Å²) in [4.78, 5) is 14.0. The van der Waals surface area contributed by atoms with Gasteiger partial charge in [-0.3, -0.25) is 4.79 Å². The van der Waals surface area contributed by atoms with Crippen LogP contribution in [0.3, 0.4) is 0 Å². The fraction of sp³-hybridized carbons (Fsp3) is 0.562. The Bertz CT molecular complexity index is 462. The largest absolute Gasteiger partial charge is 0.493 e. The quantitative estimate of drug-likeness (QED) is 0.793. The van der Waals surface area contributed by atoms with E-state index in [-0.39, 0.29) is 18.4 Å². The Morgan fingerprint density at radius 2 is 1.95 bits per heavy atom. The molecule has 1 atom stereocenters. The molecule has 0 aromatic heterocycles. The Labute approximate surface area is 126 Å². The Morgan fingerprint density at radius 1 is 1.29 bits per heavy atom. The lowest BCUT2D eigenvalue weighted by Gasteiger charge is -2.23. The Kier molecular flexibility index (Phi) is 7.02. The fourth-order valence-corrected chi connectivity index (χ4v) is 2.30. The second-order valence-corrected chi connectivity index (χ2v) is 4.94. The third kappa shape index (κ3) is 4.63. The van der Waals surface area contributed by atoms with E-state index in [1.165, 1.54) is 0 Å². The minimum absolute atomic E-state index is 0.0113. The summed E-state index contributed by atoms with van der Waals surface area (Å²) < 4.78 is 10.5. The van der Waals surface area contributed by atoms with Crippen LogP contribution in [-0.2, 0) is 11.2 Å². The van der Waals surface area contributed by atoms with Gasteiger partial charge in [0.25, 0.3) is 0 Å². The zero-order chi connectivity index (χ0) is 15.8. The van der Waals surface area contributed by atoms with E-state index in [0.29, 0.717) is 31.0 Å². The molecule has 118 valence electrons. The third-order valence-corrected chi connectivity index (χ3v) is 3.47. The number of rotatable bonds is 8. The molecule has 0 heterocycles. The average molecular weight is 295 g/mol. The van der Waals surface area contributed by atoms with Gasteiger partial charge in [-0.15, -0.1) is 0 Å². The first kappa shape index (κ1) is 17.3. The number of carbonyl (C=O) groups is 1. The van der Waals surface area contributed by atoms with E-state index in [1.54, 1.807) is 19.1 Å². The normalized spacial score (nSPS) is 11.9. The van der Waals surface area contributed by atoms with Crippen molar-refractivity contribution in [3.8, 4) is 11.5 Å². The second kappa shape index (κ2) is 8.52. The molecule has 1 rings (SSSR count). The number of aliphatic hydroxyl groups is 1. The van der Waals surface area contributed by atoms with E-state index in [1.807, 2.05) is 32.0 Å². The van der Waals surface area contributed by atoms with Crippen LogP contribution in [0, 0.1) is 5.92 Å². The summed E-state index contributed by atoms with van der Waals surface area (Å²) in [6.07, 6.45) is 0.626. The molecule has 0 fully saturated rings. The lowest BCUT2D eigenvalue weighted by Crippen LogP contribution is -2.37. The smallest absolute Gasteiger partial charge is 0.225 e. The van der Waals surface area contributed by atoms with Gasteiger partial charge in [0.2, 0.25) is 5.91 Å². The molecule has 1 unspecified atom stereocenters. The van der Waals surface area contributed by atoms with E-state index < -0.39 is 0 Å². The molecule has 0 radical (unpaired) electrons. The first-order chi connectivity index (χ1) is 10.1. The van der Waals surface area contributed by atoms with E-state index in [4.69, 9.17) is 14.6 Å². The predicted molar refractivity (Wildman–Crippen MR) is 81.8 cm³/mol. The molecule has 5 nitrogen and oxygen atoms in total. The van der Waals surface area contributed by atoms with Crippen LogP contribution in [0.4, 0.5) is 0 Å². The van der Waals surface area contributed by atoms with Crippen molar-refractivity contribution in [2.45, 2.75) is 20.3 Å². The summed E-state index contributed by atoms with van der Waals surface area (Å²) in [5.74, 6) is 1.25. The van der Waals surface area contributed by atoms with Crippen molar-refractivity contribution >= 4 is 5.91 Å².